The molecule has 0 aromatic carbocycles. The number of likely N-dealkylation sites (tertiary alicyclic amines) is 1. The van der Waals surface area contributed by atoms with Crippen molar-refractivity contribution >= 4 is 17.2 Å². The van der Waals surface area contributed by atoms with Crippen molar-refractivity contribution in [2.24, 2.45) is 0 Å². The summed E-state index contributed by atoms with van der Waals surface area (Å²) in [6.07, 6.45) is 1.86. The first-order valence-electron chi connectivity index (χ1n) is 8.35. The molecule has 1 amide bonds. The van der Waals surface area contributed by atoms with Crippen molar-refractivity contribution < 1.29 is 13.6 Å². The fourth-order valence-corrected chi connectivity index (χ4v) is 3.92. The molecule has 1 atom stereocenters. The molecular formula is C18H19N3O3S. The predicted molar refractivity (Wildman–Crippen MR) is 93.7 cm³/mol. The van der Waals surface area contributed by atoms with Crippen molar-refractivity contribution in [3.05, 3.63) is 46.6 Å². The second-order valence-corrected chi connectivity index (χ2v) is 7.29. The first-order chi connectivity index (χ1) is 12.1. The highest BCUT2D eigenvalue weighted by Crippen LogP contribution is 2.31. The quantitative estimate of drug-likeness (QED) is 0.708. The topological polar surface area (TPSA) is 72.4 Å². The van der Waals surface area contributed by atoms with E-state index >= 15 is 0 Å². The molecule has 3 aromatic rings. The Morgan fingerprint density at radius 1 is 1.32 bits per heavy atom. The Kier molecular flexibility index (Phi) is 4.17. The summed E-state index contributed by atoms with van der Waals surface area (Å²) < 4.78 is 11.4. The van der Waals surface area contributed by atoms with E-state index in [0.717, 1.165) is 30.0 Å². The zero-order valence-electron chi connectivity index (χ0n) is 14.2. The average Bonchev–Trinajstić information content (AvgIpc) is 3.34. The number of thiophene rings is 1. The number of carbonyl (C=O) groups is 1. The molecule has 1 saturated heterocycles. The van der Waals surface area contributed by atoms with Crippen LogP contribution in [0, 0.1) is 13.8 Å². The lowest BCUT2D eigenvalue weighted by Gasteiger charge is -2.31. The molecule has 4 heterocycles. The number of rotatable bonds is 3. The number of hydrogen-bond acceptors (Lipinski definition) is 6. The van der Waals surface area contributed by atoms with Gasteiger partial charge in [0.2, 0.25) is 5.89 Å². The molecule has 3 aromatic heterocycles. The molecule has 0 aliphatic carbocycles. The van der Waals surface area contributed by atoms with Gasteiger partial charge < -0.3 is 13.7 Å². The molecule has 6 nitrogen and oxygen atoms in total. The third kappa shape index (κ3) is 3.11. The number of nitrogens with zero attached hydrogens (tertiary/aromatic N) is 3. The molecule has 1 aliphatic heterocycles. The molecule has 1 fully saturated rings. The van der Waals surface area contributed by atoms with Crippen LogP contribution in [0.1, 0.15) is 46.5 Å². The smallest absolute Gasteiger partial charge is 0.257 e. The Morgan fingerprint density at radius 2 is 2.20 bits per heavy atom. The fraction of sp³-hybridized carbons (Fsp3) is 0.389. The van der Waals surface area contributed by atoms with E-state index in [4.69, 9.17) is 8.83 Å². The van der Waals surface area contributed by atoms with Gasteiger partial charge in [0.1, 0.15) is 11.5 Å². The van der Waals surface area contributed by atoms with Gasteiger partial charge in [0.15, 0.2) is 0 Å². The number of aromatic nitrogens is 2. The Labute approximate surface area is 149 Å². The van der Waals surface area contributed by atoms with Crippen LogP contribution >= 0.6 is 11.3 Å². The molecular weight excluding hydrogens is 338 g/mol. The molecule has 7 heteroatoms. The van der Waals surface area contributed by atoms with Crippen molar-refractivity contribution in [1.82, 2.24) is 15.1 Å². The number of amides is 1. The molecule has 0 spiro atoms. The van der Waals surface area contributed by atoms with Gasteiger partial charge in [-0.1, -0.05) is 6.07 Å². The molecule has 0 saturated carbocycles. The molecule has 0 bridgehead atoms. The lowest BCUT2D eigenvalue weighted by Crippen LogP contribution is -2.39. The minimum Gasteiger partial charge on any atom is -0.466 e. The van der Waals surface area contributed by atoms with E-state index in [1.54, 1.807) is 11.3 Å². The van der Waals surface area contributed by atoms with Crippen molar-refractivity contribution in [2.45, 2.75) is 32.6 Å². The number of hydrogen-bond donors (Lipinski definition) is 0. The average molecular weight is 357 g/mol. The molecule has 0 radical (unpaired) electrons. The summed E-state index contributed by atoms with van der Waals surface area (Å²) in [7, 11) is 0. The standard InChI is InChI=1S/C18H19N3O3S/c1-11-9-14(12(2)23-11)18(22)21-7-3-5-13(10-21)16-19-20-17(24-16)15-6-4-8-25-15/h4,6,8-9,13H,3,5,7,10H2,1-2H3/t13-/m1/s1. The van der Waals surface area contributed by atoms with Gasteiger partial charge in [0, 0.05) is 13.1 Å². The van der Waals surface area contributed by atoms with Crippen LogP contribution in [0.15, 0.2) is 32.4 Å². The van der Waals surface area contributed by atoms with E-state index in [-0.39, 0.29) is 11.8 Å². The van der Waals surface area contributed by atoms with Crippen LogP contribution in [0.2, 0.25) is 0 Å². The summed E-state index contributed by atoms with van der Waals surface area (Å²) in [6, 6.07) is 5.73. The number of carbonyl (C=O) groups excluding carboxylic acids is 1. The summed E-state index contributed by atoms with van der Waals surface area (Å²) in [5.41, 5.74) is 0.642. The SMILES string of the molecule is Cc1cc(C(=O)N2CCC[C@@H](c3nnc(-c4cccs4)o3)C2)c(C)o1. The molecule has 25 heavy (non-hydrogen) atoms. The van der Waals surface area contributed by atoms with Crippen LogP contribution < -0.4 is 0 Å². The van der Waals surface area contributed by atoms with Gasteiger partial charge in [-0.2, -0.15) is 0 Å². The Balaban J connectivity index is 1.51. The van der Waals surface area contributed by atoms with Crippen LogP contribution in [0.3, 0.4) is 0 Å². The van der Waals surface area contributed by atoms with E-state index in [1.165, 1.54) is 0 Å². The van der Waals surface area contributed by atoms with Crippen molar-refractivity contribution in [3.63, 3.8) is 0 Å². The zero-order valence-corrected chi connectivity index (χ0v) is 15.0. The van der Waals surface area contributed by atoms with Crippen LogP contribution in [0.5, 0.6) is 0 Å². The van der Waals surface area contributed by atoms with Gasteiger partial charge in [-0.15, -0.1) is 21.5 Å². The second kappa shape index (κ2) is 6.48. The summed E-state index contributed by atoms with van der Waals surface area (Å²) in [5, 5.41) is 10.4. The van der Waals surface area contributed by atoms with Crippen molar-refractivity contribution in [3.8, 4) is 10.8 Å². The number of furan rings is 1. The van der Waals surface area contributed by atoms with Gasteiger partial charge >= 0.3 is 0 Å². The predicted octanol–water partition coefficient (Wildman–Crippen LogP) is 4.03. The van der Waals surface area contributed by atoms with Crippen LogP contribution in [-0.2, 0) is 0 Å². The highest BCUT2D eigenvalue weighted by molar-refractivity contribution is 7.13. The Hall–Kier alpha value is -2.41. The number of aryl methyl sites for hydroxylation is 2. The molecule has 130 valence electrons. The summed E-state index contributed by atoms with van der Waals surface area (Å²) in [4.78, 5) is 15.6. The largest absolute Gasteiger partial charge is 0.466 e. The number of piperidine rings is 1. The Morgan fingerprint density at radius 3 is 2.92 bits per heavy atom. The lowest BCUT2D eigenvalue weighted by atomic mass is 9.97. The van der Waals surface area contributed by atoms with Gasteiger partial charge in [-0.05, 0) is 44.2 Å². The molecule has 4 rings (SSSR count). The Bertz CT molecular complexity index is 881. The second-order valence-electron chi connectivity index (χ2n) is 6.34. The molecule has 0 unspecified atom stereocenters. The van der Waals surface area contributed by atoms with Gasteiger partial charge in [-0.25, -0.2) is 0 Å². The monoisotopic (exact) mass is 357 g/mol. The molecule has 0 N–H and O–H groups in total. The maximum atomic E-state index is 12.8. The highest BCUT2D eigenvalue weighted by Gasteiger charge is 2.30. The summed E-state index contributed by atoms with van der Waals surface area (Å²) in [5.74, 6) is 2.68. The highest BCUT2D eigenvalue weighted by atomic mass is 32.1. The summed E-state index contributed by atoms with van der Waals surface area (Å²) >= 11 is 1.57. The van der Waals surface area contributed by atoms with Crippen molar-refractivity contribution in [1.29, 1.82) is 0 Å². The van der Waals surface area contributed by atoms with Crippen molar-refractivity contribution in [2.75, 3.05) is 13.1 Å². The third-order valence-electron chi connectivity index (χ3n) is 4.50. The minimum atomic E-state index is 0.0112. The first kappa shape index (κ1) is 16.1. The van der Waals surface area contributed by atoms with Crippen LogP contribution in [0.25, 0.3) is 10.8 Å². The van der Waals surface area contributed by atoms with Crippen LogP contribution in [-0.4, -0.2) is 34.1 Å². The van der Waals surface area contributed by atoms with Gasteiger partial charge in [0.05, 0.1) is 16.4 Å². The van der Waals surface area contributed by atoms with E-state index in [2.05, 4.69) is 10.2 Å². The third-order valence-corrected chi connectivity index (χ3v) is 5.36. The van der Waals surface area contributed by atoms with Gasteiger partial charge in [-0.3, -0.25) is 4.79 Å². The zero-order chi connectivity index (χ0) is 17.4. The first-order valence-corrected chi connectivity index (χ1v) is 9.23. The maximum absolute atomic E-state index is 12.8. The van der Waals surface area contributed by atoms with E-state index in [0.29, 0.717) is 29.6 Å². The van der Waals surface area contributed by atoms with E-state index in [9.17, 15) is 4.79 Å². The van der Waals surface area contributed by atoms with Crippen LogP contribution in [0.4, 0.5) is 0 Å². The fourth-order valence-electron chi connectivity index (χ4n) is 3.28. The lowest BCUT2D eigenvalue weighted by molar-refractivity contribution is 0.0696. The minimum absolute atomic E-state index is 0.0112. The van der Waals surface area contributed by atoms with Gasteiger partial charge in [0.25, 0.3) is 11.8 Å². The maximum Gasteiger partial charge on any atom is 0.257 e. The molecule has 1 aliphatic rings. The van der Waals surface area contributed by atoms with E-state index in [1.807, 2.05) is 42.3 Å². The summed E-state index contributed by atoms with van der Waals surface area (Å²) in [6.45, 7) is 5.01. The van der Waals surface area contributed by atoms with E-state index < -0.39 is 0 Å². The normalized spacial score (nSPS) is 17.8.